The second kappa shape index (κ2) is 7.35. The van der Waals surface area contributed by atoms with E-state index in [1.807, 2.05) is 0 Å². The molecule has 0 aliphatic carbocycles. The van der Waals surface area contributed by atoms with Gasteiger partial charge in [0.25, 0.3) is 5.69 Å². The molecule has 134 valence electrons. The molecule has 24 heavy (non-hydrogen) atoms. The highest BCUT2D eigenvalue weighted by Gasteiger charge is 2.52. The summed E-state index contributed by atoms with van der Waals surface area (Å²) in [5.74, 6) is -4.93. The molecular weight excluding hydrogens is 353 g/mol. The Kier molecular flexibility index (Phi) is 6.18. The number of aliphatic carboxylic acids is 1. The van der Waals surface area contributed by atoms with Gasteiger partial charge in [0, 0.05) is 31.3 Å². The van der Waals surface area contributed by atoms with Gasteiger partial charge in [0.05, 0.1) is 16.8 Å². The number of carbonyl (C=O) groups is 1. The molecule has 10 heteroatoms. The van der Waals surface area contributed by atoms with Gasteiger partial charge in [-0.1, -0.05) is 12.1 Å². The van der Waals surface area contributed by atoms with Gasteiger partial charge in [0.2, 0.25) is 0 Å². The normalized spacial score (nSPS) is 21.3. The zero-order valence-electron chi connectivity index (χ0n) is 12.6. The molecule has 0 unspecified atom stereocenters. The van der Waals surface area contributed by atoms with E-state index in [2.05, 4.69) is 0 Å². The summed E-state index contributed by atoms with van der Waals surface area (Å²) < 4.78 is 38.9. The Labute approximate surface area is 141 Å². The lowest BCUT2D eigenvalue weighted by atomic mass is 9.96. The fraction of sp³-hybridized carbons (Fsp3) is 0.500. The van der Waals surface area contributed by atoms with Gasteiger partial charge in [0.15, 0.2) is 0 Å². The van der Waals surface area contributed by atoms with Crippen molar-refractivity contribution in [2.75, 3.05) is 13.1 Å². The number of carboxylic acid groups (broad SMARTS) is 1. The second-order valence-electron chi connectivity index (χ2n) is 5.61. The maximum atomic E-state index is 13.0. The van der Waals surface area contributed by atoms with Crippen LogP contribution >= 0.6 is 12.4 Å². The minimum Gasteiger partial charge on any atom is -0.481 e. The predicted octanol–water partition coefficient (Wildman–Crippen LogP) is 3.02. The van der Waals surface area contributed by atoms with E-state index in [9.17, 15) is 28.1 Å². The van der Waals surface area contributed by atoms with Crippen LogP contribution in [0.25, 0.3) is 0 Å². The van der Waals surface area contributed by atoms with Crippen molar-refractivity contribution in [2.24, 2.45) is 11.8 Å². The Bertz CT molecular complexity index is 639. The topological polar surface area (TPSA) is 83.7 Å². The summed E-state index contributed by atoms with van der Waals surface area (Å²) in [6, 6.07) is 4.38. The molecule has 0 amide bonds. The molecule has 1 heterocycles. The van der Waals surface area contributed by atoms with Crippen LogP contribution in [0, 0.1) is 28.9 Å². The monoisotopic (exact) mass is 368 g/mol. The van der Waals surface area contributed by atoms with Crippen molar-refractivity contribution < 1.29 is 28.0 Å². The molecule has 1 aromatic rings. The Morgan fingerprint density at radius 1 is 1.42 bits per heavy atom. The van der Waals surface area contributed by atoms with Crippen LogP contribution in [0.1, 0.15) is 11.1 Å². The molecule has 2 rings (SSSR count). The summed E-state index contributed by atoms with van der Waals surface area (Å²) in [5, 5.41) is 19.9. The standard InChI is InChI=1S/C14H15F3N2O4.ClH/c1-8-9(3-2-4-12(8)19(22)23)5-18-6-10(13(20)21)11(7-18)14(15,16)17;/h2-4,10-11H,5-7H2,1H3,(H,20,21);1H/t10-,11-;/m1./s1. The molecule has 0 saturated carbocycles. The molecule has 1 aliphatic heterocycles. The number of hydrogen-bond acceptors (Lipinski definition) is 4. The molecule has 1 aliphatic rings. The highest BCUT2D eigenvalue weighted by molar-refractivity contribution is 5.85. The van der Waals surface area contributed by atoms with E-state index in [1.54, 1.807) is 6.07 Å². The van der Waals surface area contributed by atoms with Crippen molar-refractivity contribution in [1.82, 2.24) is 4.90 Å². The van der Waals surface area contributed by atoms with Gasteiger partial charge in [-0.2, -0.15) is 13.2 Å². The van der Waals surface area contributed by atoms with Gasteiger partial charge in [-0.05, 0) is 12.5 Å². The molecule has 0 bridgehead atoms. The van der Waals surface area contributed by atoms with Gasteiger partial charge in [0.1, 0.15) is 0 Å². The largest absolute Gasteiger partial charge is 0.481 e. The van der Waals surface area contributed by atoms with Crippen molar-refractivity contribution in [3.63, 3.8) is 0 Å². The van der Waals surface area contributed by atoms with Gasteiger partial charge in [-0.25, -0.2) is 0 Å². The molecule has 0 aromatic heterocycles. The number of alkyl halides is 3. The molecule has 0 radical (unpaired) electrons. The average Bonchev–Trinajstić information content (AvgIpc) is 2.85. The molecule has 1 saturated heterocycles. The van der Waals surface area contributed by atoms with E-state index in [-0.39, 0.29) is 31.2 Å². The Morgan fingerprint density at radius 3 is 2.50 bits per heavy atom. The maximum Gasteiger partial charge on any atom is 0.393 e. The predicted molar refractivity (Wildman–Crippen MR) is 81.0 cm³/mol. The number of carboxylic acids is 1. The summed E-state index contributed by atoms with van der Waals surface area (Å²) >= 11 is 0. The number of nitro groups is 1. The smallest absolute Gasteiger partial charge is 0.393 e. The SMILES string of the molecule is Cc1c(CN2C[C@@H](C(F)(F)F)[C@H](C(=O)O)C2)cccc1[N+](=O)[O-].Cl. The van der Waals surface area contributed by atoms with Crippen LogP contribution in [0.3, 0.4) is 0 Å². The van der Waals surface area contributed by atoms with Gasteiger partial charge in [-0.3, -0.25) is 19.8 Å². The van der Waals surface area contributed by atoms with Crippen molar-refractivity contribution in [1.29, 1.82) is 0 Å². The minimum atomic E-state index is -4.59. The van der Waals surface area contributed by atoms with Crippen molar-refractivity contribution in [3.05, 3.63) is 39.4 Å². The summed E-state index contributed by atoms with van der Waals surface area (Å²) in [6.07, 6.45) is -4.59. The number of nitro benzene ring substituents is 1. The maximum absolute atomic E-state index is 13.0. The van der Waals surface area contributed by atoms with Crippen LogP contribution in [0.15, 0.2) is 18.2 Å². The zero-order valence-corrected chi connectivity index (χ0v) is 13.4. The van der Waals surface area contributed by atoms with Crippen LogP contribution in [-0.4, -0.2) is 40.2 Å². The summed E-state index contributed by atoms with van der Waals surface area (Å²) in [6.45, 7) is 0.910. The Hall–Kier alpha value is -1.87. The van der Waals surface area contributed by atoms with Gasteiger partial charge >= 0.3 is 12.1 Å². The van der Waals surface area contributed by atoms with Crippen LogP contribution in [-0.2, 0) is 11.3 Å². The summed E-state index contributed by atoms with van der Waals surface area (Å²) in [4.78, 5) is 22.8. The van der Waals surface area contributed by atoms with E-state index < -0.39 is 35.4 Å². The van der Waals surface area contributed by atoms with E-state index in [0.717, 1.165) is 0 Å². The number of rotatable bonds is 4. The Morgan fingerprint density at radius 2 is 2.04 bits per heavy atom. The summed E-state index contributed by atoms with van der Waals surface area (Å²) in [7, 11) is 0. The fourth-order valence-electron chi connectivity index (χ4n) is 2.88. The van der Waals surface area contributed by atoms with E-state index in [1.165, 1.54) is 24.0 Å². The first kappa shape index (κ1) is 20.2. The molecule has 1 N–H and O–H groups in total. The van der Waals surface area contributed by atoms with Gasteiger partial charge < -0.3 is 5.11 Å². The lowest BCUT2D eigenvalue weighted by Gasteiger charge is -2.19. The van der Waals surface area contributed by atoms with Crippen LogP contribution in [0.2, 0.25) is 0 Å². The highest BCUT2D eigenvalue weighted by Crippen LogP contribution is 2.38. The quantitative estimate of drug-likeness (QED) is 0.652. The third-order valence-electron chi connectivity index (χ3n) is 4.14. The van der Waals surface area contributed by atoms with Gasteiger partial charge in [-0.15, -0.1) is 12.4 Å². The molecule has 2 atom stereocenters. The lowest BCUT2D eigenvalue weighted by molar-refractivity contribution is -0.385. The lowest BCUT2D eigenvalue weighted by Crippen LogP contribution is -2.33. The number of halogens is 4. The van der Waals surface area contributed by atoms with Crippen LogP contribution < -0.4 is 0 Å². The molecule has 1 aromatic carbocycles. The molecule has 1 fully saturated rings. The minimum absolute atomic E-state index is 0. The van der Waals surface area contributed by atoms with Crippen LogP contribution in [0.5, 0.6) is 0 Å². The number of benzene rings is 1. The highest BCUT2D eigenvalue weighted by atomic mass is 35.5. The first-order chi connectivity index (χ1) is 10.6. The third-order valence-corrected chi connectivity index (χ3v) is 4.14. The second-order valence-corrected chi connectivity index (χ2v) is 5.61. The average molecular weight is 369 g/mol. The molecule has 0 spiro atoms. The number of hydrogen-bond donors (Lipinski definition) is 1. The zero-order chi connectivity index (χ0) is 17.4. The van der Waals surface area contributed by atoms with E-state index in [0.29, 0.717) is 11.1 Å². The first-order valence-electron chi connectivity index (χ1n) is 6.86. The van der Waals surface area contributed by atoms with Crippen LogP contribution in [0.4, 0.5) is 18.9 Å². The molecular formula is C14H16ClF3N2O4. The van der Waals surface area contributed by atoms with E-state index >= 15 is 0 Å². The number of nitrogens with zero attached hydrogens (tertiary/aromatic N) is 2. The van der Waals surface area contributed by atoms with E-state index in [4.69, 9.17) is 5.11 Å². The molecule has 6 nitrogen and oxygen atoms in total. The summed E-state index contributed by atoms with van der Waals surface area (Å²) in [5.41, 5.74) is 0.787. The van der Waals surface area contributed by atoms with Crippen molar-refractivity contribution in [2.45, 2.75) is 19.6 Å². The fourth-order valence-corrected chi connectivity index (χ4v) is 2.88. The van der Waals surface area contributed by atoms with Crippen molar-refractivity contribution >= 4 is 24.1 Å². The Balaban J connectivity index is 0.00000288. The van der Waals surface area contributed by atoms with Crippen molar-refractivity contribution in [3.8, 4) is 0 Å². The first-order valence-corrected chi connectivity index (χ1v) is 6.86. The third kappa shape index (κ3) is 4.15. The number of likely N-dealkylation sites (tertiary alicyclic amines) is 1.